The summed E-state index contributed by atoms with van der Waals surface area (Å²) in [5.41, 5.74) is -0.689. The minimum Gasteiger partial charge on any atom is -0.330 e. The first kappa shape index (κ1) is 30.0. The molecule has 0 saturated heterocycles. The molecule has 1 atom stereocenters. The first-order valence-corrected chi connectivity index (χ1v) is 13.2. The maximum Gasteiger partial charge on any atom is 0.271 e. The monoisotopic (exact) mass is 508 g/mol. The van der Waals surface area contributed by atoms with Crippen molar-refractivity contribution >= 4 is 0 Å². The lowest BCUT2D eigenvalue weighted by Crippen LogP contribution is -2.34. The first-order chi connectivity index (χ1) is 16.8. The second-order valence-corrected chi connectivity index (χ2v) is 9.38. The zero-order chi connectivity index (χ0) is 25.8. The van der Waals surface area contributed by atoms with E-state index in [0.29, 0.717) is 38.9 Å². The average molecular weight is 509 g/mol. The third-order valence-corrected chi connectivity index (χ3v) is 6.93. The molecule has 1 fully saturated rings. The predicted octanol–water partition coefficient (Wildman–Crippen LogP) is 8.54. The van der Waals surface area contributed by atoms with Gasteiger partial charge in [0.15, 0.2) is 23.3 Å². The van der Waals surface area contributed by atoms with Gasteiger partial charge < -0.3 is 14.2 Å². The standard InChI is InChI=1S/C27H41F5O3/c1-4-7-8-9-10-11-12-13-20(35-27(33-5-2)34-6-3)18-14-16-19(17-15-18)21-22(28)24(30)26(32)25(31)23(21)29/h18-20,27H,4-17H2,1-3H3. The first-order valence-electron chi connectivity index (χ1n) is 13.2. The van der Waals surface area contributed by atoms with Gasteiger partial charge in [0.1, 0.15) is 0 Å². The highest BCUT2D eigenvalue weighted by Crippen LogP contribution is 2.42. The van der Waals surface area contributed by atoms with Crippen LogP contribution in [0.15, 0.2) is 0 Å². The fourth-order valence-corrected chi connectivity index (χ4v) is 5.02. The smallest absolute Gasteiger partial charge is 0.271 e. The van der Waals surface area contributed by atoms with Crippen molar-refractivity contribution in [3.8, 4) is 0 Å². The van der Waals surface area contributed by atoms with Gasteiger partial charge >= 0.3 is 0 Å². The van der Waals surface area contributed by atoms with Crippen LogP contribution < -0.4 is 0 Å². The van der Waals surface area contributed by atoms with E-state index in [1.165, 1.54) is 32.1 Å². The van der Waals surface area contributed by atoms with E-state index in [-0.39, 0.29) is 12.0 Å². The van der Waals surface area contributed by atoms with E-state index < -0.39 is 47.0 Å². The van der Waals surface area contributed by atoms with E-state index in [4.69, 9.17) is 14.2 Å². The Morgan fingerprint density at radius 2 is 1.14 bits per heavy atom. The molecule has 2 rings (SSSR count). The summed E-state index contributed by atoms with van der Waals surface area (Å²) in [6.45, 7) is 5.98. The normalized spacial score (nSPS) is 19.5. The number of hydrogen-bond donors (Lipinski definition) is 0. The zero-order valence-corrected chi connectivity index (χ0v) is 21.3. The van der Waals surface area contributed by atoms with Gasteiger partial charge in [-0.05, 0) is 57.8 Å². The quantitative estimate of drug-likeness (QED) is 0.0736. The predicted molar refractivity (Wildman–Crippen MR) is 125 cm³/mol. The molecule has 0 radical (unpaired) electrons. The molecular weight excluding hydrogens is 467 g/mol. The molecule has 202 valence electrons. The lowest BCUT2D eigenvalue weighted by atomic mass is 9.75. The van der Waals surface area contributed by atoms with Crippen LogP contribution in [0, 0.1) is 35.0 Å². The third kappa shape index (κ3) is 8.67. The van der Waals surface area contributed by atoms with Crippen molar-refractivity contribution in [3.05, 3.63) is 34.6 Å². The summed E-state index contributed by atoms with van der Waals surface area (Å²) < 4.78 is 86.9. The highest BCUT2D eigenvalue weighted by Gasteiger charge is 2.35. The molecule has 1 aromatic carbocycles. The molecule has 0 N–H and O–H groups in total. The lowest BCUT2D eigenvalue weighted by Gasteiger charge is -2.35. The van der Waals surface area contributed by atoms with Gasteiger partial charge in [-0.15, -0.1) is 0 Å². The van der Waals surface area contributed by atoms with Crippen molar-refractivity contribution in [2.24, 2.45) is 5.92 Å². The van der Waals surface area contributed by atoms with Crippen LogP contribution in [0.2, 0.25) is 0 Å². The highest BCUT2D eigenvalue weighted by molar-refractivity contribution is 5.28. The Bertz CT molecular complexity index is 718. The molecule has 3 nitrogen and oxygen atoms in total. The molecule has 1 saturated carbocycles. The molecule has 1 aromatic rings. The van der Waals surface area contributed by atoms with Gasteiger partial charge in [-0.1, -0.05) is 51.9 Å². The SMILES string of the molecule is CCCCCCCCCC(OC(OCC)OCC)C1CCC(c2c(F)c(F)c(F)c(F)c2F)CC1. The topological polar surface area (TPSA) is 27.7 Å². The van der Waals surface area contributed by atoms with E-state index in [0.717, 1.165) is 19.3 Å². The Morgan fingerprint density at radius 1 is 0.657 bits per heavy atom. The third-order valence-electron chi connectivity index (χ3n) is 6.93. The van der Waals surface area contributed by atoms with E-state index in [9.17, 15) is 22.0 Å². The summed E-state index contributed by atoms with van der Waals surface area (Å²) in [5.74, 6) is -9.92. The summed E-state index contributed by atoms with van der Waals surface area (Å²) >= 11 is 0. The number of hydrogen-bond acceptors (Lipinski definition) is 3. The molecule has 0 aliphatic heterocycles. The van der Waals surface area contributed by atoms with Crippen molar-refractivity contribution in [3.63, 3.8) is 0 Å². The number of halogens is 5. The molecule has 0 aromatic heterocycles. The summed E-state index contributed by atoms with van der Waals surface area (Å²) in [5, 5.41) is 0. The highest BCUT2D eigenvalue weighted by atomic mass is 19.2. The van der Waals surface area contributed by atoms with Crippen LogP contribution in [0.5, 0.6) is 0 Å². The maximum atomic E-state index is 14.3. The summed E-state index contributed by atoms with van der Waals surface area (Å²) in [4.78, 5) is 0. The van der Waals surface area contributed by atoms with E-state index >= 15 is 0 Å². The van der Waals surface area contributed by atoms with Crippen LogP contribution >= 0.6 is 0 Å². The minimum absolute atomic E-state index is 0.0935. The molecular formula is C27H41F5O3. The molecule has 0 spiro atoms. The van der Waals surface area contributed by atoms with Gasteiger partial charge in [0.25, 0.3) is 6.48 Å². The molecule has 35 heavy (non-hydrogen) atoms. The number of ether oxygens (including phenoxy) is 3. The van der Waals surface area contributed by atoms with Crippen LogP contribution in [0.1, 0.15) is 109 Å². The Balaban J connectivity index is 2.03. The molecule has 1 aliphatic rings. The van der Waals surface area contributed by atoms with E-state index in [1.54, 1.807) is 0 Å². The molecule has 1 aliphatic carbocycles. The second-order valence-electron chi connectivity index (χ2n) is 9.38. The molecule has 0 heterocycles. The van der Waals surface area contributed by atoms with Gasteiger partial charge in [0.2, 0.25) is 5.82 Å². The van der Waals surface area contributed by atoms with Crippen LogP contribution in [0.3, 0.4) is 0 Å². The maximum absolute atomic E-state index is 14.3. The van der Waals surface area contributed by atoms with Gasteiger partial charge in [0.05, 0.1) is 6.10 Å². The lowest BCUT2D eigenvalue weighted by molar-refractivity contribution is -0.309. The van der Waals surface area contributed by atoms with Gasteiger partial charge in [0, 0.05) is 18.8 Å². The Hall–Kier alpha value is -1.25. The van der Waals surface area contributed by atoms with Gasteiger partial charge in [-0.25, -0.2) is 22.0 Å². The van der Waals surface area contributed by atoms with Crippen molar-refractivity contribution in [2.75, 3.05) is 13.2 Å². The largest absolute Gasteiger partial charge is 0.330 e. The molecule has 0 bridgehead atoms. The van der Waals surface area contributed by atoms with Crippen LogP contribution in [-0.2, 0) is 14.2 Å². The fourth-order valence-electron chi connectivity index (χ4n) is 5.02. The average Bonchev–Trinajstić information content (AvgIpc) is 2.86. The number of rotatable bonds is 16. The van der Waals surface area contributed by atoms with Crippen LogP contribution in [-0.4, -0.2) is 25.8 Å². The van der Waals surface area contributed by atoms with Crippen LogP contribution in [0.4, 0.5) is 22.0 Å². The zero-order valence-electron chi connectivity index (χ0n) is 21.3. The van der Waals surface area contributed by atoms with Crippen molar-refractivity contribution in [1.82, 2.24) is 0 Å². The van der Waals surface area contributed by atoms with Crippen LogP contribution in [0.25, 0.3) is 0 Å². The number of benzene rings is 1. The molecule has 0 amide bonds. The summed E-state index contributed by atoms with van der Waals surface area (Å²) in [7, 11) is 0. The molecule has 8 heteroatoms. The number of unbranched alkanes of at least 4 members (excludes halogenated alkanes) is 6. The van der Waals surface area contributed by atoms with Gasteiger partial charge in [-0.3, -0.25) is 0 Å². The van der Waals surface area contributed by atoms with Crippen molar-refractivity contribution in [2.45, 2.75) is 116 Å². The Kier molecular flexibility index (Phi) is 13.5. The summed E-state index contributed by atoms with van der Waals surface area (Å²) in [6.07, 6.45) is 10.6. The second kappa shape index (κ2) is 15.8. The minimum atomic E-state index is -2.11. The Labute approximate surface area is 206 Å². The van der Waals surface area contributed by atoms with Gasteiger partial charge in [-0.2, -0.15) is 0 Å². The fraction of sp³-hybridized carbons (Fsp3) is 0.778. The van der Waals surface area contributed by atoms with E-state index in [1.807, 2.05) is 13.8 Å². The molecule has 1 unspecified atom stereocenters. The van der Waals surface area contributed by atoms with Crippen molar-refractivity contribution < 1.29 is 36.2 Å². The van der Waals surface area contributed by atoms with Crippen molar-refractivity contribution in [1.29, 1.82) is 0 Å². The Morgan fingerprint density at radius 3 is 1.66 bits per heavy atom. The van der Waals surface area contributed by atoms with E-state index in [2.05, 4.69) is 6.92 Å². The summed E-state index contributed by atoms with van der Waals surface area (Å²) in [6, 6.07) is 0.